The highest BCUT2D eigenvalue weighted by molar-refractivity contribution is 5.24. The Labute approximate surface area is 126 Å². The molecule has 0 aliphatic carbocycles. The molecule has 1 N–H and O–H groups in total. The van der Waals surface area contributed by atoms with Crippen molar-refractivity contribution in [3.8, 4) is 0 Å². The van der Waals surface area contributed by atoms with Crippen molar-refractivity contribution < 1.29 is 5.11 Å². The summed E-state index contributed by atoms with van der Waals surface area (Å²) in [6, 6.07) is 16.2. The number of hydrogen-bond acceptors (Lipinski definition) is 3. The molecule has 1 atom stereocenters. The first-order chi connectivity index (χ1) is 10.2. The van der Waals surface area contributed by atoms with Crippen LogP contribution in [0, 0.1) is 6.92 Å². The lowest BCUT2D eigenvalue weighted by Gasteiger charge is -2.24. The van der Waals surface area contributed by atoms with Gasteiger partial charge < -0.3 is 5.11 Å². The van der Waals surface area contributed by atoms with Gasteiger partial charge in [0.25, 0.3) is 0 Å². The molecule has 2 aromatic rings. The second-order valence-electron chi connectivity index (χ2n) is 5.94. The van der Waals surface area contributed by atoms with Crippen LogP contribution in [0.5, 0.6) is 0 Å². The molecule has 1 saturated heterocycles. The first-order valence-electron chi connectivity index (χ1n) is 7.58. The highest BCUT2D eigenvalue weighted by atomic mass is 16.3. The number of benzene rings is 1. The van der Waals surface area contributed by atoms with Gasteiger partial charge in [0, 0.05) is 37.4 Å². The van der Waals surface area contributed by atoms with Gasteiger partial charge in [-0.25, -0.2) is 0 Å². The molecule has 0 radical (unpaired) electrons. The summed E-state index contributed by atoms with van der Waals surface area (Å²) in [5.41, 5.74) is 2.53. The molecule has 1 aromatic carbocycles. The molecule has 2 heterocycles. The summed E-state index contributed by atoms with van der Waals surface area (Å²) in [5, 5.41) is 10.8. The van der Waals surface area contributed by atoms with E-state index in [9.17, 15) is 5.11 Å². The van der Waals surface area contributed by atoms with Gasteiger partial charge in [0.05, 0.1) is 0 Å². The maximum absolute atomic E-state index is 10.8. The molecule has 3 heteroatoms. The average Bonchev–Trinajstić information content (AvgIpc) is 2.89. The average molecular weight is 282 g/mol. The van der Waals surface area contributed by atoms with Gasteiger partial charge >= 0.3 is 0 Å². The molecule has 0 bridgehead atoms. The summed E-state index contributed by atoms with van der Waals surface area (Å²) in [7, 11) is 0. The molecule has 3 rings (SSSR count). The van der Waals surface area contributed by atoms with Crippen molar-refractivity contribution >= 4 is 0 Å². The fourth-order valence-corrected chi connectivity index (χ4v) is 3.06. The van der Waals surface area contributed by atoms with Crippen LogP contribution in [0.2, 0.25) is 0 Å². The highest BCUT2D eigenvalue weighted by Crippen LogP contribution is 2.31. The van der Waals surface area contributed by atoms with Crippen molar-refractivity contribution in [3.05, 3.63) is 65.5 Å². The first-order valence-corrected chi connectivity index (χ1v) is 7.58. The second-order valence-corrected chi connectivity index (χ2v) is 5.94. The fourth-order valence-electron chi connectivity index (χ4n) is 3.06. The van der Waals surface area contributed by atoms with Crippen LogP contribution >= 0.6 is 0 Å². The van der Waals surface area contributed by atoms with Gasteiger partial charge in [0.15, 0.2) is 0 Å². The van der Waals surface area contributed by atoms with Gasteiger partial charge in [0.1, 0.15) is 5.60 Å². The fraction of sp³-hybridized carbons (Fsp3) is 0.389. The number of rotatable bonds is 4. The summed E-state index contributed by atoms with van der Waals surface area (Å²) in [6.07, 6.45) is 1.74. The van der Waals surface area contributed by atoms with Gasteiger partial charge in [-0.2, -0.15) is 0 Å². The molecular weight excluding hydrogens is 260 g/mol. The van der Waals surface area contributed by atoms with Crippen LogP contribution in [0.1, 0.15) is 23.4 Å². The Morgan fingerprint density at radius 1 is 1.14 bits per heavy atom. The number of β-amino-alcohol motifs (C(OH)–C–C–N with tert-alkyl or cyclic N) is 1. The molecule has 0 spiro atoms. The molecule has 110 valence electrons. The van der Waals surface area contributed by atoms with Crippen molar-refractivity contribution in [2.24, 2.45) is 0 Å². The van der Waals surface area contributed by atoms with Gasteiger partial charge in [-0.3, -0.25) is 9.88 Å². The Kier molecular flexibility index (Phi) is 4.04. The maximum Gasteiger partial charge on any atom is 0.103 e. The Hall–Kier alpha value is -1.71. The second kappa shape index (κ2) is 5.96. The number of aromatic nitrogens is 1. The Bertz CT molecular complexity index is 599. The summed E-state index contributed by atoms with van der Waals surface area (Å²) >= 11 is 0. The standard InChI is InChI=1S/C18H22N2O/c1-15-6-5-9-17(19-15)10-12-20-13-11-18(21,14-20)16-7-3-2-4-8-16/h2-9,21H,10-14H2,1H3/t18-/m1/s1. The van der Waals surface area contributed by atoms with E-state index >= 15 is 0 Å². The number of pyridine rings is 1. The van der Waals surface area contributed by atoms with E-state index in [1.165, 1.54) is 0 Å². The summed E-state index contributed by atoms with van der Waals surface area (Å²) < 4.78 is 0. The largest absolute Gasteiger partial charge is 0.384 e. The van der Waals surface area contributed by atoms with E-state index in [1.807, 2.05) is 43.3 Å². The van der Waals surface area contributed by atoms with Crippen molar-refractivity contribution in [1.82, 2.24) is 9.88 Å². The molecule has 0 unspecified atom stereocenters. The number of likely N-dealkylation sites (tertiary alicyclic amines) is 1. The monoisotopic (exact) mass is 282 g/mol. The van der Waals surface area contributed by atoms with Gasteiger partial charge in [-0.15, -0.1) is 0 Å². The molecule has 1 aromatic heterocycles. The molecule has 1 fully saturated rings. The van der Waals surface area contributed by atoms with Crippen LogP contribution in [-0.2, 0) is 12.0 Å². The van der Waals surface area contributed by atoms with Crippen molar-refractivity contribution in [3.63, 3.8) is 0 Å². The van der Waals surface area contributed by atoms with Gasteiger partial charge in [0.2, 0.25) is 0 Å². The van der Waals surface area contributed by atoms with E-state index in [0.717, 1.165) is 42.9 Å². The molecule has 0 amide bonds. The zero-order valence-electron chi connectivity index (χ0n) is 12.5. The van der Waals surface area contributed by atoms with Crippen molar-refractivity contribution in [2.45, 2.75) is 25.4 Å². The molecule has 1 aliphatic rings. The van der Waals surface area contributed by atoms with Crippen LogP contribution in [0.4, 0.5) is 0 Å². The van der Waals surface area contributed by atoms with Gasteiger partial charge in [-0.1, -0.05) is 36.4 Å². The lowest BCUT2D eigenvalue weighted by molar-refractivity contribution is 0.0462. The minimum Gasteiger partial charge on any atom is -0.384 e. The normalized spacial score (nSPS) is 22.6. The summed E-state index contributed by atoms with van der Waals surface area (Å²) in [5.74, 6) is 0. The minimum absolute atomic E-state index is 0.693. The van der Waals surface area contributed by atoms with Crippen LogP contribution in [0.3, 0.4) is 0 Å². The lowest BCUT2D eigenvalue weighted by Crippen LogP contribution is -2.31. The molecule has 3 nitrogen and oxygen atoms in total. The first kappa shape index (κ1) is 14.2. The Morgan fingerprint density at radius 3 is 2.71 bits per heavy atom. The van der Waals surface area contributed by atoms with E-state index in [-0.39, 0.29) is 0 Å². The van der Waals surface area contributed by atoms with Crippen LogP contribution in [0.15, 0.2) is 48.5 Å². The van der Waals surface area contributed by atoms with Crippen molar-refractivity contribution in [1.29, 1.82) is 0 Å². The van der Waals surface area contributed by atoms with Crippen LogP contribution < -0.4 is 0 Å². The van der Waals surface area contributed by atoms with Crippen LogP contribution in [-0.4, -0.2) is 34.6 Å². The zero-order valence-corrected chi connectivity index (χ0v) is 12.5. The molecule has 0 saturated carbocycles. The van der Waals surface area contributed by atoms with Gasteiger partial charge in [-0.05, 0) is 31.0 Å². The molecule has 21 heavy (non-hydrogen) atoms. The van der Waals surface area contributed by atoms with Crippen molar-refractivity contribution in [2.75, 3.05) is 19.6 Å². The topological polar surface area (TPSA) is 36.4 Å². The SMILES string of the molecule is Cc1cccc(CCN2CC[C@](O)(c3ccccc3)C2)n1. The highest BCUT2D eigenvalue weighted by Gasteiger charge is 2.37. The lowest BCUT2D eigenvalue weighted by atomic mass is 9.93. The van der Waals surface area contributed by atoms with E-state index in [1.54, 1.807) is 0 Å². The van der Waals surface area contributed by atoms with E-state index in [4.69, 9.17) is 0 Å². The number of nitrogens with zero attached hydrogens (tertiary/aromatic N) is 2. The molecule has 1 aliphatic heterocycles. The smallest absolute Gasteiger partial charge is 0.103 e. The number of hydrogen-bond donors (Lipinski definition) is 1. The van der Waals surface area contributed by atoms with Crippen LogP contribution in [0.25, 0.3) is 0 Å². The number of aliphatic hydroxyl groups is 1. The quantitative estimate of drug-likeness (QED) is 0.936. The molecular formula is C18H22N2O. The Balaban J connectivity index is 1.60. The van der Waals surface area contributed by atoms with E-state index < -0.39 is 5.60 Å². The zero-order chi connectivity index (χ0) is 14.7. The van der Waals surface area contributed by atoms with E-state index in [2.05, 4.69) is 22.0 Å². The van der Waals surface area contributed by atoms with E-state index in [0.29, 0.717) is 6.54 Å². The predicted molar refractivity (Wildman–Crippen MR) is 84.1 cm³/mol. The third-order valence-electron chi connectivity index (χ3n) is 4.27. The predicted octanol–water partition coefficient (Wildman–Crippen LogP) is 2.53. The summed E-state index contributed by atoms with van der Waals surface area (Å²) in [4.78, 5) is 6.87. The maximum atomic E-state index is 10.8. The minimum atomic E-state index is -0.693. The third kappa shape index (κ3) is 3.31. The third-order valence-corrected chi connectivity index (χ3v) is 4.27. The Morgan fingerprint density at radius 2 is 1.95 bits per heavy atom. The number of aryl methyl sites for hydroxylation is 1. The summed E-state index contributed by atoms with van der Waals surface area (Å²) in [6.45, 7) is 4.62.